The number of hydrogen-bond donors (Lipinski definition) is 2. The minimum atomic E-state index is -1.14. The second-order valence-electron chi connectivity index (χ2n) is 9.22. The average molecular weight is 480 g/mol. The van der Waals surface area contributed by atoms with Crippen LogP contribution in [0.15, 0.2) is 66.9 Å². The SMILES string of the molecule is CN(Cc1ccccc1)Cc1cn(CC2OC(CC(=O)N(C)Cc3ccccc3)C(O)C2O)nn1. The van der Waals surface area contributed by atoms with Crippen molar-refractivity contribution in [3.8, 4) is 0 Å². The highest BCUT2D eigenvalue weighted by molar-refractivity contribution is 5.76. The monoisotopic (exact) mass is 479 g/mol. The predicted octanol–water partition coefficient (Wildman–Crippen LogP) is 1.45. The van der Waals surface area contributed by atoms with Gasteiger partial charge in [0.1, 0.15) is 18.3 Å². The second-order valence-corrected chi connectivity index (χ2v) is 9.22. The van der Waals surface area contributed by atoms with E-state index in [0.717, 1.165) is 17.8 Å². The molecule has 2 N–H and O–H groups in total. The van der Waals surface area contributed by atoms with Crippen molar-refractivity contribution in [3.05, 3.63) is 83.7 Å². The average Bonchev–Trinajstić information content (AvgIpc) is 3.39. The van der Waals surface area contributed by atoms with Crippen molar-refractivity contribution in [2.75, 3.05) is 14.1 Å². The topological polar surface area (TPSA) is 104 Å². The first-order valence-electron chi connectivity index (χ1n) is 11.8. The fourth-order valence-electron chi connectivity index (χ4n) is 4.33. The van der Waals surface area contributed by atoms with Gasteiger partial charge in [-0.05, 0) is 18.2 Å². The molecule has 2 aromatic carbocycles. The Morgan fingerprint density at radius 2 is 1.51 bits per heavy atom. The van der Waals surface area contributed by atoms with Crippen molar-refractivity contribution in [1.82, 2.24) is 24.8 Å². The van der Waals surface area contributed by atoms with Gasteiger partial charge in [-0.15, -0.1) is 5.10 Å². The molecular weight excluding hydrogens is 446 g/mol. The van der Waals surface area contributed by atoms with E-state index in [1.54, 1.807) is 16.6 Å². The number of hydrogen-bond acceptors (Lipinski definition) is 7. The van der Waals surface area contributed by atoms with Crippen molar-refractivity contribution < 1.29 is 19.7 Å². The standard InChI is InChI=1S/C26H33N5O4/c1-29(14-19-9-5-3-6-10-19)16-21-17-31(28-27-21)18-23-26(34)25(33)22(35-23)13-24(32)30(2)15-20-11-7-4-8-12-20/h3-12,17,22-23,25-26,33-34H,13-16,18H2,1-2H3. The lowest BCUT2D eigenvalue weighted by atomic mass is 10.0. The smallest absolute Gasteiger partial charge is 0.225 e. The van der Waals surface area contributed by atoms with Gasteiger partial charge < -0.3 is 19.8 Å². The van der Waals surface area contributed by atoms with Gasteiger partial charge in [-0.2, -0.15) is 0 Å². The number of rotatable bonds is 10. The van der Waals surface area contributed by atoms with Gasteiger partial charge in [0.05, 0.1) is 24.8 Å². The highest BCUT2D eigenvalue weighted by Crippen LogP contribution is 2.25. The lowest BCUT2D eigenvalue weighted by molar-refractivity contribution is -0.134. The first-order valence-corrected chi connectivity index (χ1v) is 11.8. The number of nitrogens with zero attached hydrogens (tertiary/aromatic N) is 5. The van der Waals surface area contributed by atoms with E-state index in [9.17, 15) is 15.0 Å². The molecule has 9 nitrogen and oxygen atoms in total. The summed E-state index contributed by atoms with van der Waals surface area (Å²) in [5, 5.41) is 29.4. The molecule has 1 fully saturated rings. The van der Waals surface area contributed by atoms with Gasteiger partial charge in [-0.1, -0.05) is 65.9 Å². The highest BCUT2D eigenvalue weighted by atomic mass is 16.5. The van der Waals surface area contributed by atoms with Crippen molar-refractivity contribution in [2.45, 2.75) is 57.0 Å². The number of carbonyl (C=O) groups is 1. The molecule has 1 aromatic heterocycles. The third-order valence-electron chi connectivity index (χ3n) is 6.21. The number of amides is 1. The van der Waals surface area contributed by atoms with Crippen LogP contribution in [-0.2, 0) is 35.7 Å². The maximum atomic E-state index is 12.7. The normalized spacial score (nSPS) is 22.0. The van der Waals surface area contributed by atoms with E-state index in [4.69, 9.17) is 4.74 Å². The van der Waals surface area contributed by atoms with Crippen LogP contribution in [0.5, 0.6) is 0 Å². The number of aliphatic hydroxyl groups excluding tert-OH is 2. The van der Waals surface area contributed by atoms with Crippen LogP contribution in [0.4, 0.5) is 0 Å². The van der Waals surface area contributed by atoms with Gasteiger partial charge in [0, 0.05) is 32.9 Å². The van der Waals surface area contributed by atoms with Gasteiger partial charge in [-0.25, -0.2) is 4.68 Å². The molecule has 1 saturated heterocycles. The van der Waals surface area contributed by atoms with Crippen molar-refractivity contribution in [1.29, 1.82) is 0 Å². The number of benzene rings is 2. The van der Waals surface area contributed by atoms with Crippen LogP contribution in [0.25, 0.3) is 0 Å². The quantitative estimate of drug-likeness (QED) is 0.454. The van der Waals surface area contributed by atoms with Crippen LogP contribution in [0.3, 0.4) is 0 Å². The molecule has 3 aromatic rings. The van der Waals surface area contributed by atoms with Gasteiger partial charge in [0.2, 0.25) is 5.91 Å². The Morgan fingerprint density at radius 1 is 0.914 bits per heavy atom. The molecule has 0 bridgehead atoms. The van der Waals surface area contributed by atoms with Gasteiger partial charge in [0.15, 0.2) is 0 Å². The summed E-state index contributed by atoms with van der Waals surface area (Å²) in [7, 11) is 3.74. The summed E-state index contributed by atoms with van der Waals surface area (Å²) in [5.41, 5.74) is 3.03. The molecule has 35 heavy (non-hydrogen) atoms. The Labute approximate surface area is 205 Å². The molecule has 0 radical (unpaired) electrons. The molecule has 1 amide bonds. The number of ether oxygens (including phenoxy) is 1. The molecule has 2 heterocycles. The number of aromatic nitrogens is 3. The first kappa shape index (κ1) is 25.0. The Kier molecular flexibility index (Phi) is 8.25. The fourth-order valence-corrected chi connectivity index (χ4v) is 4.33. The Bertz CT molecular complexity index is 1080. The molecule has 186 valence electrons. The van der Waals surface area contributed by atoms with E-state index in [0.29, 0.717) is 13.1 Å². The van der Waals surface area contributed by atoms with Crippen LogP contribution in [0.1, 0.15) is 23.2 Å². The lowest BCUT2D eigenvalue weighted by Gasteiger charge is -2.21. The largest absolute Gasteiger partial charge is 0.388 e. The zero-order valence-electron chi connectivity index (χ0n) is 20.1. The van der Waals surface area contributed by atoms with Crippen molar-refractivity contribution >= 4 is 5.91 Å². The molecule has 1 aliphatic rings. The number of aliphatic hydroxyl groups is 2. The summed E-state index contributed by atoms with van der Waals surface area (Å²) in [4.78, 5) is 16.4. The van der Waals surface area contributed by atoms with Gasteiger partial charge >= 0.3 is 0 Å². The molecule has 4 rings (SSSR count). The van der Waals surface area contributed by atoms with Crippen molar-refractivity contribution in [3.63, 3.8) is 0 Å². The molecule has 9 heteroatoms. The lowest BCUT2D eigenvalue weighted by Crippen LogP contribution is -2.36. The molecule has 4 atom stereocenters. The Balaban J connectivity index is 1.28. The third kappa shape index (κ3) is 6.73. The summed E-state index contributed by atoms with van der Waals surface area (Å²) >= 11 is 0. The van der Waals surface area contributed by atoms with Gasteiger partial charge in [-0.3, -0.25) is 9.69 Å². The van der Waals surface area contributed by atoms with Crippen LogP contribution < -0.4 is 0 Å². The van der Waals surface area contributed by atoms with E-state index in [-0.39, 0.29) is 18.9 Å². The molecule has 4 unspecified atom stereocenters. The minimum absolute atomic E-state index is 0.00898. The van der Waals surface area contributed by atoms with E-state index in [1.165, 1.54) is 5.56 Å². The van der Waals surface area contributed by atoms with Gasteiger partial charge in [0.25, 0.3) is 0 Å². The van der Waals surface area contributed by atoms with E-state index >= 15 is 0 Å². The zero-order valence-corrected chi connectivity index (χ0v) is 20.1. The highest BCUT2D eigenvalue weighted by Gasteiger charge is 2.43. The van der Waals surface area contributed by atoms with E-state index in [1.807, 2.05) is 61.8 Å². The summed E-state index contributed by atoms with van der Waals surface area (Å²) in [6, 6.07) is 19.9. The Hall–Kier alpha value is -3.11. The summed E-state index contributed by atoms with van der Waals surface area (Å²) in [6.45, 7) is 2.11. The van der Waals surface area contributed by atoms with Crippen LogP contribution in [0.2, 0.25) is 0 Å². The summed E-state index contributed by atoms with van der Waals surface area (Å²) < 4.78 is 7.49. The second kappa shape index (κ2) is 11.5. The number of carbonyl (C=O) groups excluding carboxylic acids is 1. The van der Waals surface area contributed by atoms with E-state index < -0.39 is 24.4 Å². The molecule has 0 saturated carbocycles. The molecule has 0 spiro atoms. The summed E-state index contributed by atoms with van der Waals surface area (Å²) in [5.74, 6) is -0.157. The van der Waals surface area contributed by atoms with Crippen LogP contribution in [0, 0.1) is 0 Å². The van der Waals surface area contributed by atoms with Crippen LogP contribution >= 0.6 is 0 Å². The maximum Gasteiger partial charge on any atom is 0.225 e. The predicted molar refractivity (Wildman–Crippen MR) is 130 cm³/mol. The summed E-state index contributed by atoms with van der Waals surface area (Å²) in [6.07, 6.45) is -1.91. The minimum Gasteiger partial charge on any atom is -0.388 e. The molecular formula is C26H33N5O4. The fraction of sp³-hybridized carbons (Fsp3) is 0.423. The maximum absolute atomic E-state index is 12.7. The van der Waals surface area contributed by atoms with Crippen molar-refractivity contribution in [2.24, 2.45) is 0 Å². The van der Waals surface area contributed by atoms with Crippen LogP contribution in [-0.4, -0.2) is 79.4 Å². The Morgan fingerprint density at radius 3 is 2.17 bits per heavy atom. The molecule has 0 aliphatic carbocycles. The third-order valence-corrected chi connectivity index (χ3v) is 6.21. The van der Waals surface area contributed by atoms with E-state index in [2.05, 4.69) is 27.3 Å². The first-order chi connectivity index (χ1) is 16.9. The molecule has 1 aliphatic heterocycles. The zero-order chi connectivity index (χ0) is 24.8.